The van der Waals surface area contributed by atoms with Crippen LogP contribution in [0.15, 0.2) is 22.4 Å². The van der Waals surface area contributed by atoms with Crippen molar-refractivity contribution in [2.24, 2.45) is 0 Å². The Hall–Kier alpha value is -0.0800. The van der Waals surface area contributed by atoms with Crippen LogP contribution in [0.3, 0.4) is 0 Å². The summed E-state index contributed by atoms with van der Waals surface area (Å²) in [6, 6.07) is 0. The fraction of sp³-hybridized carbons (Fsp3) is 0.556. The van der Waals surface area contributed by atoms with Crippen LogP contribution < -0.4 is 0 Å². The van der Waals surface area contributed by atoms with E-state index in [1.807, 2.05) is 19.9 Å². The number of rotatable bonds is 1. The van der Waals surface area contributed by atoms with Crippen molar-refractivity contribution in [2.75, 3.05) is 6.61 Å². The van der Waals surface area contributed by atoms with E-state index in [2.05, 4.69) is 12.6 Å². The molecule has 1 nitrogen and oxygen atoms in total. The normalized spacial score (nSPS) is 25.7. The second-order valence-corrected chi connectivity index (χ2v) is 4.12. The SMILES string of the molecule is CC1=C(/C=C(\C)Cl)C(S)CCO1. The summed E-state index contributed by atoms with van der Waals surface area (Å²) >= 11 is 10.2. The van der Waals surface area contributed by atoms with Crippen LogP contribution in [0.25, 0.3) is 0 Å². The maximum absolute atomic E-state index is 5.78. The highest BCUT2D eigenvalue weighted by molar-refractivity contribution is 7.81. The van der Waals surface area contributed by atoms with Crippen molar-refractivity contribution >= 4 is 24.2 Å². The van der Waals surface area contributed by atoms with Gasteiger partial charge in [-0.15, -0.1) is 0 Å². The number of ether oxygens (including phenoxy) is 1. The van der Waals surface area contributed by atoms with Gasteiger partial charge in [0.2, 0.25) is 0 Å². The van der Waals surface area contributed by atoms with E-state index in [0.29, 0.717) is 0 Å². The first-order chi connectivity index (χ1) is 5.61. The third-order valence-electron chi connectivity index (χ3n) is 1.83. The molecule has 1 rings (SSSR count). The molecule has 1 aliphatic rings. The summed E-state index contributed by atoms with van der Waals surface area (Å²) in [5.74, 6) is 0.946. The van der Waals surface area contributed by atoms with Crippen LogP contribution in [0, 0.1) is 0 Å². The summed E-state index contributed by atoms with van der Waals surface area (Å²) in [7, 11) is 0. The lowest BCUT2D eigenvalue weighted by molar-refractivity contribution is 0.193. The van der Waals surface area contributed by atoms with E-state index in [-0.39, 0.29) is 5.25 Å². The molecule has 0 aromatic heterocycles. The van der Waals surface area contributed by atoms with Crippen molar-refractivity contribution in [3.63, 3.8) is 0 Å². The molecule has 0 amide bonds. The fourth-order valence-corrected chi connectivity index (χ4v) is 1.69. The molecule has 12 heavy (non-hydrogen) atoms. The van der Waals surface area contributed by atoms with E-state index in [1.54, 1.807) is 0 Å². The van der Waals surface area contributed by atoms with Gasteiger partial charge in [0.15, 0.2) is 0 Å². The van der Waals surface area contributed by atoms with Crippen LogP contribution in [0.5, 0.6) is 0 Å². The molecule has 0 bridgehead atoms. The standard InChI is InChI=1S/C9H13ClOS/c1-6(10)5-8-7(2)11-4-3-9(8)12/h5,9,12H,3-4H2,1-2H3/b6-5+. The second-order valence-electron chi connectivity index (χ2n) is 2.90. The van der Waals surface area contributed by atoms with Crippen LogP contribution in [0.1, 0.15) is 20.3 Å². The molecule has 0 aromatic rings. The lowest BCUT2D eigenvalue weighted by atomic mass is 10.1. The molecule has 0 saturated heterocycles. The number of hydrogen-bond donors (Lipinski definition) is 1. The molecule has 0 aromatic carbocycles. The van der Waals surface area contributed by atoms with Gasteiger partial charge >= 0.3 is 0 Å². The first-order valence-electron chi connectivity index (χ1n) is 3.96. The van der Waals surface area contributed by atoms with Gasteiger partial charge in [-0.2, -0.15) is 12.6 Å². The van der Waals surface area contributed by atoms with Crippen molar-refractivity contribution in [3.05, 3.63) is 22.4 Å². The molecule has 3 heteroatoms. The average Bonchev–Trinajstić information content (AvgIpc) is 1.97. The maximum Gasteiger partial charge on any atom is 0.0972 e. The molecule has 0 aliphatic carbocycles. The summed E-state index contributed by atoms with van der Waals surface area (Å²) in [4.78, 5) is 0. The lowest BCUT2D eigenvalue weighted by Gasteiger charge is -2.22. The van der Waals surface area contributed by atoms with Crippen LogP contribution in [0.4, 0.5) is 0 Å². The quantitative estimate of drug-likeness (QED) is 0.646. The summed E-state index contributed by atoms with van der Waals surface area (Å²) in [6.07, 6.45) is 2.88. The van der Waals surface area contributed by atoms with Crippen LogP contribution in [0.2, 0.25) is 0 Å². The predicted molar refractivity (Wildman–Crippen MR) is 55.7 cm³/mol. The zero-order chi connectivity index (χ0) is 9.14. The third kappa shape index (κ3) is 2.46. The van der Waals surface area contributed by atoms with E-state index in [1.165, 1.54) is 0 Å². The van der Waals surface area contributed by atoms with Gasteiger partial charge in [-0.25, -0.2) is 0 Å². The van der Waals surface area contributed by atoms with E-state index in [4.69, 9.17) is 16.3 Å². The Labute approximate surface area is 83.8 Å². The molecule has 1 heterocycles. The number of hydrogen-bond acceptors (Lipinski definition) is 2. The zero-order valence-electron chi connectivity index (χ0n) is 7.30. The molecule has 0 N–H and O–H groups in total. The highest BCUT2D eigenvalue weighted by Gasteiger charge is 2.16. The molecule has 1 atom stereocenters. The van der Waals surface area contributed by atoms with Gasteiger partial charge < -0.3 is 4.74 Å². The van der Waals surface area contributed by atoms with Gasteiger partial charge in [0.05, 0.1) is 12.4 Å². The minimum absolute atomic E-state index is 0.271. The van der Waals surface area contributed by atoms with Crippen molar-refractivity contribution in [1.82, 2.24) is 0 Å². The Balaban J connectivity index is 2.88. The monoisotopic (exact) mass is 204 g/mol. The van der Waals surface area contributed by atoms with Gasteiger partial charge in [-0.1, -0.05) is 11.6 Å². The van der Waals surface area contributed by atoms with E-state index >= 15 is 0 Å². The maximum atomic E-state index is 5.78. The molecule has 0 saturated carbocycles. The van der Waals surface area contributed by atoms with Gasteiger partial charge in [0.1, 0.15) is 0 Å². The smallest absolute Gasteiger partial charge is 0.0972 e. The van der Waals surface area contributed by atoms with Crippen molar-refractivity contribution in [1.29, 1.82) is 0 Å². The van der Waals surface area contributed by atoms with Gasteiger partial charge in [-0.3, -0.25) is 0 Å². The highest BCUT2D eigenvalue weighted by atomic mass is 35.5. The fourth-order valence-electron chi connectivity index (χ4n) is 1.21. The Morgan fingerprint density at radius 1 is 1.75 bits per heavy atom. The van der Waals surface area contributed by atoms with Gasteiger partial charge in [-0.05, 0) is 26.3 Å². The van der Waals surface area contributed by atoms with Crippen LogP contribution in [-0.2, 0) is 4.74 Å². The number of halogens is 1. The van der Waals surface area contributed by atoms with Gasteiger partial charge in [0, 0.05) is 15.9 Å². The average molecular weight is 205 g/mol. The second kappa shape index (κ2) is 4.24. The first kappa shape index (κ1) is 10.0. The van der Waals surface area contributed by atoms with Crippen molar-refractivity contribution in [2.45, 2.75) is 25.5 Å². The van der Waals surface area contributed by atoms with Crippen molar-refractivity contribution < 1.29 is 4.74 Å². The molecule has 1 aliphatic heterocycles. The summed E-state index contributed by atoms with van der Waals surface area (Å²) in [5, 5.41) is 1.04. The summed E-state index contributed by atoms with van der Waals surface area (Å²) < 4.78 is 5.39. The van der Waals surface area contributed by atoms with Crippen LogP contribution >= 0.6 is 24.2 Å². The van der Waals surface area contributed by atoms with Crippen molar-refractivity contribution in [3.8, 4) is 0 Å². The van der Waals surface area contributed by atoms with E-state index in [0.717, 1.165) is 29.4 Å². The summed E-state index contributed by atoms with van der Waals surface area (Å²) in [6.45, 7) is 4.57. The summed E-state index contributed by atoms with van der Waals surface area (Å²) in [5.41, 5.74) is 1.11. The molecular weight excluding hydrogens is 192 g/mol. The molecule has 0 radical (unpaired) electrons. The Bertz CT molecular complexity index is 229. The molecule has 0 spiro atoms. The van der Waals surface area contributed by atoms with E-state index in [9.17, 15) is 0 Å². The van der Waals surface area contributed by atoms with E-state index < -0.39 is 0 Å². The largest absolute Gasteiger partial charge is 0.498 e. The number of allylic oxidation sites excluding steroid dienone is 3. The molecule has 68 valence electrons. The Morgan fingerprint density at radius 2 is 2.42 bits per heavy atom. The molecule has 0 fully saturated rings. The molecule has 1 unspecified atom stereocenters. The Kier molecular flexibility index (Phi) is 3.53. The minimum atomic E-state index is 0.271. The topological polar surface area (TPSA) is 9.23 Å². The Morgan fingerprint density at radius 3 is 2.92 bits per heavy atom. The third-order valence-corrected chi connectivity index (χ3v) is 2.48. The van der Waals surface area contributed by atoms with Gasteiger partial charge in [0.25, 0.3) is 0 Å². The minimum Gasteiger partial charge on any atom is -0.498 e. The first-order valence-corrected chi connectivity index (χ1v) is 4.86. The lowest BCUT2D eigenvalue weighted by Crippen LogP contribution is -2.15. The highest BCUT2D eigenvalue weighted by Crippen LogP contribution is 2.26. The van der Waals surface area contributed by atoms with Crippen LogP contribution in [-0.4, -0.2) is 11.9 Å². The number of thiol groups is 1. The predicted octanol–water partition coefficient (Wildman–Crippen LogP) is 3.12. The molecular formula is C9H13ClOS. The zero-order valence-corrected chi connectivity index (χ0v) is 8.95.